The highest BCUT2D eigenvalue weighted by Gasteiger charge is 2.22. The van der Waals surface area contributed by atoms with E-state index < -0.39 is 0 Å². The lowest BCUT2D eigenvalue weighted by atomic mass is 9.88. The lowest BCUT2D eigenvalue weighted by Gasteiger charge is -2.24. The third-order valence-corrected chi connectivity index (χ3v) is 2.07. The molecule has 0 aromatic heterocycles. The van der Waals surface area contributed by atoms with Gasteiger partial charge in [0.15, 0.2) is 0 Å². The van der Waals surface area contributed by atoms with Crippen molar-refractivity contribution >= 4 is 0 Å². The molecule has 0 amide bonds. The number of rotatable bonds is 1. The molecule has 0 aromatic carbocycles. The van der Waals surface area contributed by atoms with Crippen LogP contribution in [0.4, 0.5) is 4.39 Å². The predicted octanol–water partition coefficient (Wildman–Crippen LogP) is 1.51. The van der Waals surface area contributed by atoms with Gasteiger partial charge >= 0.3 is 0 Å². The van der Waals surface area contributed by atoms with Crippen LogP contribution in [0.15, 0.2) is 0 Å². The number of hydrogen-bond acceptors (Lipinski definition) is 1. The van der Waals surface area contributed by atoms with Gasteiger partial charge in [0.2, 0.25) is 0 Å². The van der Waals surface area contributed by atoms with Crippen molar-refractivity contribution in [2.24, 2.45) is 5.92 Å². The summed E-state index contributed by atoms with van der Waals surface area (Å²) in [4.78, 5) is 0. The van der Waals surface area contributed by atoms with Crippen LogP contribution >= 0.6 is 0 Å². The van der Waals surface area contributed by atoms with Crippen LogP contribution in [0.1, 0.15) is 25.7 Å². The Morgan fingerprint density at radius 3 is 2.44 bits per heavy atom. The summed E-state index contributed by atoms with van der Waals surface area (Å²) in [6, 6.07) is 0. The van der Waals surface area contributed by atoms with Crippen LogP contribution in [0.3, 0.4) is 0 Å². The summed E-state index contributed by atoms with van der Waals surface area (Å²) in [7, 11) is 0. The number of hydrogen-bond donors (Lipinski definition) is 1. The molecule has 0 bridgehead atoms. The molecule has 1 fully saturated rings. The molecule has 2 heteroatoms. The molecule has 2 unspecified atom stereocenters. The van der Waals surface area contributed by atoms with Gasteiger partial charge < -0.3 is 5.11 Å². The number of alkyl halides is 1. The van der Waals surface area contributed by atoms with Gasteiger partial charge in [-0.15, -0.1) is 0 Å². The Bertz CT molecular complexity index is 85.0. The lowest BCUT2D eigenvalue weighted by molar-refractivity contribution is 0.0560. The van der Waals surface area contributed by atoms with E-state index in [-0.39, 0.29) is 18.7 Å². The van der Waals surface area contributed by atoms with Crippen molar-refractivity contribution in [3.8, 4) is 0 Å². The van der Waals surface area contributed by atoms with Gasteiger partial charge in [0.25, 0.3) is 0 Å². The second-order valence-electron chi connectivity index (χ2n) is 2.77. The summed E-state index contributed by atoms with van der Waals surface area (Å²) in [5.41, 5.74) is 0. The number of halogens is 1. The highest BCUT2D eigenvalue weighted by Crippen LogP contribution is 2.24. The minimum Gasteiger partial charge on any atom is -0.393 e. The molecular weight excluding hydrogens is 119 g/mol. The zero-order valence-electron chi connectivity index (χ0n) is 5.52. The van der Waals surface area contributed by atoms with Gasteiger partial charge in [0.05, 0.1) is 12.8 Å². The predicted molar refractivity (Wildman–Crippen MR) is 33.9 cm³/mol. The molecule has 0 saturated heterocycles. The van der Waals surface area contributed by atoms with E-state index in [0.29, 0.717) is 0 Å². The van der Waals surface area contributed by atoms with E-state index in [1.54, 1.807) is 0 Å². The van der Waals surface area contributed by atoms with E-state index in [1.807, 2.05) is 0 Å². The molecule has 0 heterocycles. The topological polar surface area (TPSA) is 20.2 Å². The average molecular weight is 132 g/mol. The largest absolute Gasteiger partial charge is 0.393 e. The third kappa shape index (κ3) is 1.65. The smallest absolute Gasteiger partial charge is 0.0947 e. The molecule has 9 heavy (non-hydrogen) atoms. The van der Waals surface area contributed by atoms with Gasteiger partial charge in [0, 0.05) is 5.92 Å². The molecule has 2 atom stereocenters. The first-order valence-corrected chi connectivity index (χ1v) is 3.58. The van der Waals surface area contributed by atoms with Crippen molar-refractivity contribution in [2.75, 3.05) is 6.67 Å². The molecule has 1 rings (SSSR count). The standard InChI is InChI=1S/C7H13FO/c8-5-6-3-1-2-4-7(6)9/h6-7,9H,1-5H2. The van der Waals surface area contributed by atoms with E-state index in [0.717, 1.165) is 25.7 Å². The minimum absolute atomic E-state index is 0.0567. The summed E-state index contributed by atoms with van der Waals surface area (Å²) in [5, 5.41) is 9.13. The Morgan fingerprint density at radius 1 is 1.33 bits per heavy atom. The van der Waals surface area contributed by atoms with Crippen molar-refractivity contribution in [1.82, 2.24) is 0 Å². The van der Waals surface area contributed by atoms with Crippen LogP contribution in [0.5, 0.6) is 0 Å². The maximum atomic E-state index is 12.0. The van der Waals surface area contributed by atoms with E-state index in [1.165, 1.54) is 0 Å². The molecule has 1 nitrogen and oxygen atoms in total. The molecule has 0 spiro atoms. The Labute approximate surface area is 54.9 Å². The summed E-state index contributed by atoms with van der Waals surface area (Å²) >= 11 is 0. The Hall–Kier alpha value is -0.110. The lowest BCUT2D eigenvalue weighted by Crippen LogP contribution is -2.25. The second kappa shape index (κ2) is 3.16. The molecule has 1 aliphatic carbocycles. The van der Waals surface area contributed by atoms with Crippen LogP contribution in [0, 0.1) is 5.92 Å². The van der Waals surface area contributed by atoms with Crippen molar-refractivity contribution in [1.29, 1.82) is 0 Å². The first-order chi connectivity index (χ1) is 4.34. The monoisotopic (exact) mass is 132 g/mol. The van der Waals surface area contributed by atoms with Crippen LogP contribution in [0.2, 0.25) is 0 Å². The van der Waals surface area contributed by atoms with Gasteiger partial charge in [-0.1, -0.05) is 12.8 Å². The van der Waals surface area contributed by atoms with Crippen molar-refractivity contribution in [2.45, 2.75) is 31.8 Å². The van der Waals surface area contributed by atoms with Gasteiger partial charge in [-0.05, 0) is 12.8 Å². The van der Waals surface area contributed by atoms with Crippen molar-refractivity contribution < 1.29 is 9.50 Å². The fraction of sp³-hybridized carbons (Fsp3) is 1.00. The van der Waals surface area contributed by atoms with Gasteiger partial charge in [-0.2, -0.15) is 0 Å². The SMILES string of the molecule is OC1CCCCC1CF. The summed E-state index contributed by atoms with van der Waals surface area (Å²) in [5.74, 6) is -0.0567. The Kier molecular flexibility index (Phi) is 2.46. The molecule has 1 aliphatic rings. The molecule has 0 aliphatic heterocycles. The van der Waals surface area contributed by atoms with Crippen LogP contribution in [0.25, 0.3) is 0 Å². The molecule has 1 saturated carbocycles. The van der Waals surface area contributed by atoms with E-state index in [4.69, 9.17) is 5.11 Å². The maximum Gasteiger partial charge on any atom is 0.0947 e. The first kappa shape index (κ1) is 7.00. The quantitative estimate of drug-likeness (QED) is 0.573. The highest BCUT2D eigenvalue weighted by molar-refractivity contribution is 4.73. The number of aliphatic hydroxyl groups is 1. The Balaban J connectivity index is 2.30. The zero-order valence-corrected chi connectivity index (χ0v) is 5.52. The third-order valence-electron chi connectivity index (χ3n) is 2.07. The second-order valence-corrected chi connectivity index (χ2v) is 2.77. The van der Waals surface area contributed by atoms with Crippen molar-refractivity contribution in [3.05, 3.63) is 0 Å². The van der Waals surface area contributed by atoms with Gasteiger partial charge in [-0.3, -0.25) is 4.39 Å². The molecular formula is C7H13FO. The van der Waals surface area contributed by atoms with Crippen LogP contribution in [-0.4, -0.2) is 17.9 Å². The van der Waals surface area contributed by atoms with Crippen molar-refractivity contribution in [3.63, 3.8) is 0 Å². The van der Waals surface area contributed by atoms with E-state index >= 15 is 0 Å². The van der Waals surface area contributed by atoms with Gasteiger partial charge in [-0.25, -0.2) is 0 Å². The van der Waals surface area contributed by atoms with Gasteiger partial charge in [0.1, 0.15) is 0 Å². The van der Waals surface area contributed by atoms with Crippen LogP contribution in [-0.2, 0) is 0 Å². The highest BCUT2D eigenvalue weighted by atomic mass is 19.1. The Morgan fingerprint density at radius 2 is 2.00 bits per heavy atom. The molecule has 1 N–H and O–H groups in total. The van der Waals surface area contributed by atoms with E-state index in [2.05, 4.69) is 0 Å². The molecule has 0 aromatic rings. The average Bonchev–Trinajstić information content (AvgIpc) is 1.89. The number of aliphatic hydroxyl groups excluding tert-OH is 1. The minimum atomic E-state index is -0.358. The normalized spacial score (nSPS) is 36.7. The fourth-order valence-corrected chi connectivity index (χ4v) is 1.37. The zero-order chi connectivity index (χ0) is 6.69. The van der Waals surface area contributed by atoms with E-state index in [9.17, 15) is 4.39 Å². The summed E-state index contributed by atoms with van der Waals surface area (Å²) in [6.07, 6.45) is 3.47. The maximum absolute atomic E-state index is 12.0. The first-order valence-electron chi connectivity index (χ1n) is 3.58. The molecule has 0 radical (unpaired) electrons. The fourth-order valence-electron chi connectivity index (χ4n) is 1.37. The van der Waals surface area contributed by atoms with Crippen LogP contribution < -0.4 is 0 Å². The summed E-state index contributed by atoms with van der Waals surface area (Å²) in [6.45, 7) is -0.346. The molecule has 54 valence electrons. The summed E-state index contributed by atoms with van der Waals surface area (Å²) < 4.78 is 12.0.